The highest BCUT2D eigenvalue weighted by atomic mass is 16.4. The third-order valence-corrected chi connectivity index (χ3v) is 5.33. The molecule has 26 heavy (non-hydrogen) atoms. The lowest BCUT2D eigenvalue weighted by atomic mass is 9.98. The predicted octanol–water partition coefficient (Wildman–Crippen LogP) is 1.62. The maximum Gasteiger partial charge on any atom is 0.310 e. The average molecular weight is 348 g/mol. The monoisotopic (exact) mass is 348 g/mol. The van der Waals surface area contributed by atoms with E-state index in [9.17, 15) is 10.1 Å². The van der Waals surface area contributed by atoms with Crippen LogP contribution >= 0.6 is 0 Å². The van der Waals surface area contributed by atoms with E-state index in [1.807, 2.05) is 13.0 Å². The lowest BCUT2D eigenvalue weighted by molar-refractivity contribution is 0.0692. The van der Waals surface area contributed by atoms with E-state index in [-0.39, 0.29) is 29.6 Å². The molecule has 0 unspecified atom stereocenters. The smallest absolute Gasteiger partial charge is 0.310 e. The zero-order chi connectivity index (χ0) is 18.3. The summed E-state index contributed by atoms with van der Waals surface area (Å²) in [4.78, 5) is 24.4. The molecular formula is C18H16N6O2. The van der Waals surface area contributed by atoms with Crippen LogP contribution in [-0.2, 0) is 0 Å². The van der Waals surface area contributed by atoms with Gasteiger partial charge in [-0.15, -0.1) is 0 Å². The third-order valence-electron chi connectivity index (χ3n) is 5.33. The molecule has 0 aliphatic carbocycles. The second-order valence-corrected chi connectivity index (χ2v) is 6.58. The maximum atomic E-state index is 12.9. The van der Waals surface area contributed by atoms with Gasteiger partial charge in [0, 0.05) is 36.8 Å². The Labute approximate surface area is 150 Å². The van der Waals surface area contributed by atoms with Gasteiger partial charge in [0.05, 0.1) is 12.2 Å². The number of amides is 1. The highest BCUT2D eigenvalue weighted by Crippen LogP contribution is 2.36. The van der Waals surface area contributed by atoms with Crippen LogP contribution in [0.15, 0.2) is 28.9 Å². The minimum atomic E-state index is -0.259. The zero-order valence-corrected chi connectivity index (χ0v) is 14.2. The Morgan fingerprint density at radius 3 is 3.00 bits per heavy atom. The first kappa shape index (κ1) is 16.1. The van der Waals surface area contributed by atoms with Gasteiger partial charge in [0.15, 0.2) is 12.0 Å². The quantitative estimate of drug-likeness (QED) is 0.758. The van der Waals surface area contributed by atoms with Gasteiger partial charge in [0.25, 0.3) is 5.89 Å². The van der Waals surface area contributed by atoms with Crippen LogP contribution < -0.4 is 0 Å². The second kappa shape index (κ2) is 6.16. The number of hydrogen-bond donors (Lipinski definition) is 0. The van der Waals surface area contributed by atoms with Gasteiger partial charge < -0.3 is 14.2 Å². The van der Waals surface area contributed by atoms with Gasteiger partial charge in [-0.3, -0.25) is 4.79 Å². The molecule has 0 saturated carbocycles. The van der Waals surface area contributed by atoms with Crippen molar-refractivity contribution in [3.63, 3.8) is 0 Å². The van der Waals surface area contributed by atoms with Crippen molar-refractivity contribution in [1.29, 1.82) is 10.5 Å². The first-order valence-electron chi connectivity index (χ1n) is 8.42. The molecule has 0 spiro atoms. The molecule has 0 bridgehead atoms. The van der Waals surface area contributed by atoms with Gasteiger partial charge in [0.2, 0.25) is 0 Å². The van der Waals surface area contributed by atoms with Crippen molar-refractivity contribution < 1.29 is 9.21 Å². The Bertz CT molecular complexity index is 940. The van der Waals surface area contributed by atoms with Gasteiger partial charge in [-0.2, -0.15) is 10.5 Å². The number of rotatable bonds is 2. The van der Waals surface area contributed by atoms with Crippen LogP contribution in [0, 0.1) is 28.7 Å². The standard InChI is InChI=1S/C18H16N6O2/c1-11-14-3-5-24(15(14)9-23(11)10-20)18(25)17-22-8-16(26-17)12-2-4-21-13(6-12)7-19/h2,4,6,8,11,14-15H,3,5,9H2,1H3/t11-,14-,15-/m0/s1. The van der Waals surface area contributed by atoms with Crippen LogP contribution in [0.2, 0.25) is 0 Å². The average Bonchev–Trinajstić information content (AvgIpc) is 3.38. The topological polar surface area (TPSA) is 110 Å². The molecule has 0 radical (unpaired) electrons. The molecule has 2 fully saturated rings. The molecule has 0 aromatic carbocycles. The van der Waals surface area contributed by atoms with Crippen LogP contribution in [0.5, 0.6) is 0 Å². The van der Waals surface area contributed by atoms with Crippen LogP contribution in [-0.4, -0.2) is 50.8 Å². The maximum absolute atomic E-state index is 12.9. The van der Waals surface area contributed by atoms with Crippen LogP contribution in [0.4, 0.5) is 0 Å². The van der Waals surface area contributed by atoms with Crippen molar-refractivity contribution in [2.24, 2.45) is 5.92 Å². The molecule has 2 aliphatic heterocycles. The van der Waals surface area contributed by atoms with Crippen molar-refractivity contribution in [2.45, 2.75) is 25.4 Å². The second-order valence-electron chi connectivity index (χ2n) is 6.58. The number of likely N-dealkylation sites (tertiary alicyclic amines) is 2. The largest absolute Gasteiger partial charge is 0.432 e. The summed E-state index contributed by atoms with van der Waals surface area (Å²) < 4.78 is 5.65. The van der Waals surface area contributed by atoms with Gasteiger partial charge in [-0.05, 0) is 25.5 Å². The number of oxazole rings is 1. The molecule has 8 heteroatoms. The number of carbonyl (C=O) groups is 1. The number of fused-ring (bicyclic) bond motifs is 1. The van der Waals surface area contributed by atoms with Crippen LogP contribution in [0.3, 0.4) is 0 Å². The Morgan fingerprint density at radius 2 is 2.23 bits per heavy atom. The summed E-state index contributed by atoms with van der Waals surface area (Å²) in [6.45, 7) is 3.22. The molecule has 2 saturated heterocycles. The number of nitrogens with zero attached hydrogens (tertiary/aromatic N) is 6. The summed E-state index contributed by atoms with van der Waals surface area (Å²) in [6.07, 6.45) is 6.07. The summed E-state index contributed by atoms with van der Waals surface area (Å²) in [5.74, 6) is 0.484. The fourth-order valence-corrected chi connectivity index (χ4v) is 3.93. The zero-order valence-electron chi connectivity index (χ0n) is 14.2. The minimum absolute atomic E-state index is 0.0126. The van der Waals surface area contributed by atoms with E-state index in [2.05, 4.69) is 16.2 Å². The molecule has 1 amide bonds. The van der Waals surface area contributed by atoms with Gasteiger partial charge >= 0.3 is 5.91 Å². The Hall–Kier alpha value is -3.39. The van der Waals surface area contributed by atoms with Crippen molar-refractivity contribution in [1.82, 2.24) is 19.8 Å². The highest BCUT2D eigenvalue weighted by Gasteiger charge is 2.48. The highest BCUT2D eigenvalue weighted by molar-refractivity contribution is 5.90. The van der Waals surface area contributed by atoms with E-state index in [4.69, 9.17) is 9.68 Å². The van der Waals surface area contributed by atoms with E-state index in [1.165, 1.54) is 12.4 Å². The van der Waals surface area contributed by atoms with E-state index >= 15 is 0 Å². The summed E-state index contributed by atoms with van der Waals surface area (Å²) in [7, 11) is 0. The summed E-state index contributed by atoms with van der Waals surface area (Å²) in [5.41, 5.74) is 0.915. The van der Waals surface area contributed by atoms with E-state index in [0.717, 1.165) is 6.42 Å². The molecule has 4 heterocycles. The van der Waals surface area contributed by atoms with Crippen LogP contribution in [0.1, 0.15) is 29.7 Å². The molecule has 2 aliphatic rings. The summed E-state index contributed by atoms with van der Waals surface area (Å²) >= 11 is 0. The summed E-state index contributed by atoms with van der Waals surface area (Å²) in [6, 6.07) is 5.41. The Kier molecular flexibility index (Phi) is 3.81. The number of hydrogen-bond acceptors (Lipinski definition) is 7. The van der Waals surface area contributed by atoms with E-state index < -0.39 is 0 Å². The van der Waals surface area contributed by atoms with E-state index in [0.29, 0.717) is 30.3 Å². The molecule has 0 N–H and O–H groups in total. The molecule has 2 aromatic heterocycles. The fourth-order valence-electron chi connectivity index (χ4n) is 3.93. The number of aromatic nitrogens is 2. The summed E-state index contributed by atoms with van der Waals surface area (Å²) in [5, 5.41) is 18.2. The van der Waals surface area contributed by atoms with Gasteiger partial charge in [-0.25, -0.2) is 9.97 Å². The minimum Gasteiger partial charge on any atom is -0.432 e. The van der Waals surface area contributed by atoms with Crippen molar-refractivity contribution in [3.05, 3.63) is 36.1 Å². The molecule has 2 aromatic rings. The number of pyridine rings is 1. The fraction of sp³-hybridized carbons (Fsp3) is 0.389. The Balaban J connectivity index is 1.56. The number of carbonyl (C=O) groups excluding carboxylic acids is 1. The first-order valence-corrected chi connectivity index (χ1v) is 8.42. The molecule has 4 rings (SSSR count). The molecule has 130 valence electrons. The van der Waals surface area contributed by atoms with Gasteiger partial charge in [0.1, 0.15) is 11.8 Å². The lowest BCUT2D eigenvalue weighted by Gasteiger charge is -2.22. The lowest BCUT2D eigenvalue weighted by Crippen LogP contribution is -2.39. The molecular weight excluding hydrogens is 332 g/mol. The predicted molar refractivity (Wildman–Crippen MR) is 89.2 cm³/mol. The SMILES string of the molecule is C[C@H]1[C@@H]2CCN(C(=O)c3ncc(-c4ccnc(C#N)c4)o3)[C@H]2CN1C#N. The van der Waals surface area contributed by atoms with E-state index in [1.54, 1.807) is 21.9 Å². The first-order chi connectivity index (χ1) is 12.6. The normalized spacial score (nSPS) is 24.2. The van der Waals surface area contributed by atoms with Crippen molar-refractivity contribution in [3.8, 4) is 23.6 Å². The van der Waals surface area contributed by atoms with Gasteiger partial charge in [-0.1, -0.05) is 0 Å². The van der Waals surface area contributed by atoms with Crippen LogP contribution in [0.25, 0.3) is 11.3 Å². The Morgan fingerprint density at radius 1 is 1.38 bits per heavy atom. The van der Waals surface area contributed by atoms with Crippen molar-refractivity contribution >= 4 is 5.91 Å². The third kappa shape index (κ3) is 2.47. The molecule has 8 nitrogen and oxygen atoms in total. The number of nitriles is 2. The van der Waals surface area contributed by atoms with Crippen molar-refractivity contribution in [2.75, 3.05) is 13.1 Å². The molecule has 3 atom stereocenters.